The number of piperidine rings is 1. The molecule has 126 valence electrons. The van der Waals surface area contributed by atoms with Gasteiger partial charge < -0.3 is 10.2 Å². The zero-order valence-electron chi connectivity index (χ0n) is 12.5. The first-order valence-corrected chi connectivity index (χ1v) is 7.10. The van der Waals surface area contributed by atoms with Gasteiger partial charge in [0.2, 0.25) is 0 Å². The van der Waals surface area contributed by atoms with Crippen molar-refractivity contribution in [1.29, 1.82) is 5.26 Å². The topological polar surface area (TPSA) is 86.8 Å². The predicted molar refractivity (Wildman–Crippen MR) is 73.0 cm³/mol. The molecule has 0 spiro atoms. The maximum atomic E-state index is 13.1. The van der Waals surface area contributed by atoms with Crippen molar-refractivity contribution >= 4 is 6.03 Å². The molecule has 1 fully saturated rings. The van der Waals surface area contributed by atoms with Crippen LogP contribution in [0.15, 0.2) is 12.7 Å². The highest BCUT2D eigenvalue weighted by molar-refractivity contribution is 5.74. The third kappa shape index (κ3) is 4.12. The van der Waals surface area contributed by atoms with Crippen LogP contribution in [0.4, 0.5) is 18.0 Å². The van der Waals surface area contributed by atoms with Crippen molar-refractivity contribution in [2.45, 2.75) is 32.0 Å². The number of nitriles is 1. The molecule has 1 aromatic rings. The second-order valence-corrected chi connectivity index (χ2v) is 5.82. The van der Waals surface area contributed by atoms with Crippen LogP contribution >= 0.6 is 0 Å². The molecule has 23 heavy (non-hydrogen) atoms. The molecule has 7 nitrogen and oxygen atoms in total. The molecule has 2 rings (SSSR count). The Morgan fingerprint density at radius 1 is 1.57 bits per heavy atom. The molecule has 1 aliphatic rings. The van der Waals surface area contributed by atoms with Gasteiger partial charge in [0, 0.05) is 13.1 Å². The molecular weight excluding hydrogens is 313 g/mol. The molecule has 2 heterocycles. The van der Waals surface area contributed by atoms with Crippen LogP contribution in [-0.2, 0) is 0 Å². The van der Waals surface area contributed by atoms with Gasteiger partial charge in [-0.15, -0.1) is 0 Å². The molecular formula is C13H17F3N6O. The van der Waals surface area contributed by atoms with Gasteiger partial charge in [-0.25, -0.2) is 14.5 Å². The number of amides is 2. The summed E-state index contributed by atoms with van der Waals surface area (Å²) in [6.45, 7) is 1.71. The summed E-state index contributed by atoms with van der Waals surface area (Å²) in [4.78, 5) is 17.0. The van der Waals surface area contributed by atoms with Crippen molar-refractivity contribution in [3.05, 3.63) is 12.7 Å². The molecule has 1 aromatic heterocycles. The molecule has 0 radical (unpaired) electrons. The predicted octanol–water partition coefficient (Wildman–Crippen LogP) is 1.72. The summed E-state index contributed by atoms with van der Waals surface area (Å²) in [5, 5.41) is 14.9. The highest BCUT2D eigenvalue weighted by Gasteiger charge is 2.42. The molecule has 0 saturated carbocycles. The third-order valence-electron chi connectivity index (χ3n) is 3.83. The van der Waals surface area contributed by atoms with Crippen LogP contribution in [0.3, 0.4) is 0 Å². The zero-order chi connectivity index (χ0) is 17.1. The smallest absolute Gasteiger partial charge is 0.335 e. The Hall–Kier alpha value is -2.31. The summed E-state index contributed by atoms with van der Waals surface area (Å²) in [6, 6.07) is -0.443. The van der Waals surface area contributed by atoms with E-state index in [0.29, 0.717) is 24.1 Å². The number of rotatable bonds is 3. The first-order valence-electron chi connectivity index (χ1n) is 7.10. The Bertz CT molecular complexity index is 582. The van der Waals surface area contributed by atoms with Crippen LogP contribution in [0.25, 0.3) is 0 Å². The number of carbonyl (C=O) groups excluding carboxylic acids is 1. The van der Waals surface area contributed by atoms with Crippen molar-refractivity contribution in [2.75, 3.05) is 19.6 Å². The van der Waals surface area contributed by atoms with E-state index in [0.717, 1.165) is 12.7 Å². The number of alkyl halides is 3. The number of urea groups is 1. The standard InChI is InChI=1S/C13H17F3N6O/c1-12(6-17)3-2-4-21(7-12)11(23)19-5-10(13(14,15)16)22-9-18-8-20-22/h8-10H,2-5,7H2,1H3,(H,19,23). The zero-order valence-corrected chi connectivity index (χ0v) is 12.5. The van der Waals surface area contributed by atoms with Crippen molar-refractivity contribution in [1.82, 2.24) is 25.0 Å². The summed E-state index contributed by atoms with van der Waals surface area (Å²) >= 11 is 0. The second-order valence-electron chi connectivity index (χ2n) is 5.82. The molecule has 1 N–H and O–H groups in total. The van der Waals surface area contributed by atoms with E-state index in [1.165, 1.54) is 4.90 Å². The molecule has 2 amide bonds. The normalized spacial score (nSPS) is 23.2. The largest absolute Gasteiger partial charge is 0.412 e. The fourth-order valence-corrected chi connectivity index (χ4v) is 2.54. The second kappa shape index (κ2) is 6.44. The lowest BCUT2D eigenvalue weighted by Crippen LogP contribution is -2.50. The van der Waals surface area contributed by atoms with Gasteiger partial charge in [0.25, 0.3) is 0 Å². The number of halogens is 3. The molecule has 10 heteroatoms. The average Bonchev–Trinajstić information content (AvgIpc) is 3.00. The first-order chi connectivity index (χ1) is 10.7. The van der Waals surface area contributed by atoms with E-state index < -0.39 is 30.2 Å². The minimum absolute atomic E-state index is 0.204. The van der Waals surface area contributed by atoms with Crippen LogP contribution in [0, 0.1) is 16.7 Å². The number of hydrogen-bond acceptors (Lipinski definition) is 4. The van der Waals surface area contributed by atoms with Crippen molar-refractivity contribution in [3.63, 3.8) is 0 Å². The summed E-state index contributed by atoms with van der Waals surface area (Å²) < 4.78 is 39.8. The summed E-state index contributed by atoms with van der Waals surface area (Å²) in [6.07, 6.45) is -1.30. The lowest BCUT2D eigenvalue weighted by Gasteiger charge is -2.36. The van der Waals surface area contributed by atoms with Gasteiger partial charge in [0.1, 0.15) is 12.7 Å². The number of likely N-dealkylation sites (tertiary alicyclic amines) is 1. The van der Waals surface area contributed by atoms with Gasteiger partial charge >= 0.3 is 12.2 Å². The number of hydrogen-bond donors (Lipinski definition) is 1. The Morgan fingerprint density at radius 3 is 2.87 bits per heavy atom. The van der Waals surface area contributed by atoms with Crippen LogP contribution in [0.1, 0.15) is 25.8 Å². The molecule has 1 aliphatic heterocycles. The average molecular weight is 330 g/mol. The Morgan fingerprint density at radius 2 is 2.30 bits per heavy atom. The Balaban J connectivity index is 1.98. The first kappa shape index (κ1) is 17.1. The van der Waals surface area contributed by atoms with Crippen molar-refractivity contribution < 1.29 is 18.0 Å². The van der Waals surface area contributed by atoms with Crippen LogP contribution in [-0.4, -0.2) is 51.5 Å². The van der Waals surface area contributed by atoms with Crippen LogP contribution < -0.4 is 5.32 Å². The summed E-state index contributed by atoms with van der Waals surface area (Å²) in [7, 11) is 0. The lowest BCUT2D eigenvalue weighted by molar-refractivity contribution is -0.168. The highest BCUT2D eigenvalue weighted by atomic mass is 19.4. The lowest BCUT2D eigenvalue weighted by atomic mass is 9.84. The third-order valence-corrected chi connectivity index (χ3v) is 3.83. The van der Waals surface area contributed by atoms with Crippen molar-refractivity contribution in [2.24, 2.45) is 5.41 Å². The summed E-state index contributed by atoms with van der Waals surface area (Å²) in [5.74, 6) is 0. The monoisotopic (exact) mass is 330 g/mol. The van der Waals surface area contributed by atoms with Crippen molar-refractivity contribution in [3.8, 4) is 6.07 Å². The van der Waals surface area contributed by atoms with Gasteiger partial charge in [0.15, 0.2) is 6.04 Å². The van der Waals surface area contributed by atoms with Gasteiger partial charge in [-0.1, -0.05) is 0 Å². The number of carbonyl (C=O) groups is 1. The van der Waals surface area contributed by atoms with Crippen LogP contribution in [0.2, 0.25) is 0 Å². The van der Waals surface area contributed by atoms with E-state index in [4.69, 9.17) is 5.26 Å². The SMILES string of the molecule is CC1(C#N)CCCN(C(=O)NCC(n2cncn2)C(F)(F)F)C1. The van der Waals surface area contributed by atoms with Gasteiger partial charge in [-0.3, -0.25) is 0 Å². The van der Waals surface area contributed by atoms with E-state index in [9.17, 15) is 18.0 Å². The fourth-order valence-electron chi connectivity index (χ4n) is 2.54. The molecule has 0 bridgehead atoms. The Kier molecular flexibility index (Phi) is 4.77. The molecule has 0 aromatic carbocycles. The van der Waals surface area contributed by atoms with Gasteiger partial charge in [0.05, 0.1) is 18.0 Å². The maximum absolute atomic E-state index is 13.1. The van der Waals surface area contributed by atoms with Crippen LogP contribution in [0.5, 0.6) is 0 Å². The number of nitrogens with zero attached hydrogens (tertiary/aromatic N) is 5. The molecule has 1 saturated heterocycles. The number of aromatic nitrogens is 3. The van der Waals surface area contributed by atoms with E-state index in [1.807, 2.05) is 0 Å². The molecule has 0 aliphatic carbocycles. The molecule has 2 unspecified atom stereocenters. The summed E-state index contributed by atoms with van der Waals surface area (Å²) in [5.41, 5.74) is -0.662. The minimum Gasteiger partial charge on any atom is -0.335 e. The number of nitrogens with one attached hydrogen (secondary N) is 1. The van der Waals surface area contributed by atoms with E-state index in [-0.39, 0.29) is 6.54 Å². The highest BCUT2D eigenvalue weighted by Crippen LogP contribution is 2.30. The molecule has 2 atom stereocenters. The van der Waals surface area contributed by atoms with E-state index in [1.54, 1.807) is 6.92 Å². The quantitative estimate of drug-likeness (QED) is 0.914. The maximum Gasteiger partial charge on any atom is 0.412 e. The van der Waals surface area contributed by atoms with Gasteiger partial charge in [-0.05, 0) is 19.8 Å². The minimum atomic E-state index is -4.57. The van der Waals surface area contributed by atoms with E-state index >= 15 is 0 Å². The Labute approximate surface area is 131 Å². The van der Waals surface area contributed by atoms with Gasteiger partial charge in [-0.2, -0.15) is 23.5 Å². The fraction of sp³-hybridized carbons (Fsp3) is 0.692. The van der Waals surface area contributed by atoms with E-state index in [2.05, 4.69) is 21.5 Å².